The quantitative estimate of drug-likeness (QED) is 0.735. The molecule has 1 rings (SSSR count). The van der Waals surface area contributed by atoms with Gasteiger partial charge in [-0.3, -0.25) is 4.79 Å². The zero-order valence-corrected chi connectivity index (χ0v) is 10.3. The van der Waals surface area contributed by atoms with E-state index < -0.39 is 0 Å². The number of nitrogens with zero attached hydrogens (tertiary/aromatic N) is 1. The summed E-state index contributed by atoms with van der Waals surface area (Å²) in [5, 5.41) is 11.6. The normalized spacial score (nSPS) is 12.4. The van der Waals surface area contributed by atoms with Crippen LogP contribution in [-0.2, 0) is 11.3 Å². The number of hydrogen-bond donors (Lipinski definition) is 2. The summed E-state index contributed by atoms with van der Waals surface area (Å²) < 4.78 is 6.84. The average Bonchev–Trinajstić information content (AvgIpc) is 2.74. The first-order chi connectivity index (χ1) is 8.19. The lowest BCUT2D eigenvalue weighted by atomic mass is 10.2. The van der Waals surface area contributed by atoms with Gasteiger partial charge in [-0.25, -0.2) is 0 Å². The third kappa shape index (κ3) is 4.20. The summed E-state index contributed by atoms with van der Waals surface area (Å²) in [6.45, 7) is 3.17. The van der Waals surface area contributed by atoms with E-state index in [-0.39, 0.29) is 18.6 Å². The molecule has 0 aliphatic rings. The predicted molar refractivity (Wildman–Crippen MR) is 64.9 cm³/mol. The summed E-state index contributed by atoms with van der Waals surface area (Å²) in [5.74, 6) is -0.118. The van der Waals surface area contributed by atoms with Crippen LogP contribution in [0.3, 0.4) is 0 Å². The van der Waals surface area contributed by atoms with Gasteiger partial charge < -0.3 is 19.7 Å². The Balaban J connectivity index is 2.59. The number of aliphatic hydroxyl groups excluding tert-OH is 1. The largest absolute Gasteiger partial charge is 0.396 e. The molecule has 0 radical (unpaired) electrons. The van der Waals surface area contributed by atoms with Crippen LogP contribution >= 0.6 is 0 Å². The van der Waals surface area contributed by atoms with Crippen molar-refractivity contribution in [2.24, 2.45) is 0 Å². The molecular weight excluding hydrogens is 220 g/mol. The molecule has 1 unspecified atom stereocenters. The minimum atomic E-state index is -0.118. The number of carbonyl (C=O) groups is 1. The summed E-state index contributed by atoms with van der Waals surface area (Å²) in [5.41, 5.74) is 0.617. The van der Waals surface area contributed by atoms with Crippen molar-refractivity contribution in [3.05, 3.63) is 24.0 Å². The second kappa shape index (κ2) is 7.09. The molecule has 1 heterocycles. The molecule has 1 aromatic rings. The first-order valence-corrected chi connectivity index (χ1v) is 5.74. The summed E-state index contributed by atoms with van der Waals surface area (Å²) in [6, 6.07) is 3.58. The van der Waals surface area contributed by atoms with E-state index in [1.807, 2.05) is 23.8 Å². The van der Waals surface area contributed by atoms with Crippen LogP contribution in [0.5, 0.6) is 0 Å². The van der Waals surface area contributed by atoms with Crippen molar-refractivity contribution in [2.75, 3.05) is 20.3 Å². The van der Waals surface area contributed by atoms with Gasteiger partial charge in [0.05, 0.1) is 6.61 Å². The minimum absolute atomic E-state index is 0.0294. The standard InChI is InChI=1S/C12H20N2O3/c1-10(5-8-15)13-12(16)11-4-3-6-14(11)7-9-17-2/h3-4,6,10,15H,5,7-9H2,1-2H3,(H,13,16). The van der Waals surface area contributed by atoms with Gasteiger partial charge in [0.25, 0.3) is 5.91 Å². The molecule has 0 bridgehead atoms. The molecule has 0 spiro atoms. The zero-order chi connectivity index (χ0) is 12.7. The first-order valence-electron chi connectivity index (χ1n) is 5.74. The highest BCUT2D eigenvalue weighted by atomic mass is 16.5. The number of aliphatic hydroxyl groups is 1. The number of carbonyl (C=O) groups excluding carboxylic acids is 1. The second-order valence-electron chi connectivity index (χ2n) is 3.97. The fraction of sp³-hybridized carbons (Fsp3) is 0.583. The van der Waals surface area contributed by atoms with Crippen LogP contribution in [0.25, 0.3) is 0 Å². The number of aromatic nitrogens is 1. The number of nitrogens with one attached hydrogen (secondary N) is 1. The molecule has 1 aromatic heterocycles. The van der Waals surface area contributed by atoms with E-state index in [4.69, 9.17) is 9.84 Å². The Labute approximate surface area is 101 Å². The second-order valence-corrected chi connectivity index (χ2v) is 3.97. The lowest BCUT2D eigenvalue weighted by Crippen LogP contribution is -2.34. The van der Waals surface area contributed by atoms with Crippen molar-refractivity contribution in [3.8, 4) is 0 Å². The van der Waals surface area contributed by atoms with Crippen LogP contribution in [-0.4, -0.2) is 41.9 Å². The van der Waals surface area contributed by atoms with Crippen molar-refractivity contribution in [1.29, 1.82) is 0 Å². The highest BCUT2D eigenvalue weighted by molar-refractivity contribution is 5.92. The van der Waals surface area contributed by atoms with E-state index in [1.165, 1.54) is 0 Å². The maximum Gasteiger partial charge on any atom is 0.268 e. The van der Waals surface area contributed by atoms with Crippen molar-refractivity contribution >= 4 is 5.91 Å². The molecular formula is C12H20N2O3. The fourth-order valence-corrected chi connectivity index (χ4v) is 1.57. The lowest BCUT2D eigenvalue weighted by Gasteiger charge is -2.14. The van der Waals surface area contributed by atoms with Crippen molar-refractivity contribution < 1.29 is 14.6 Å². The SMILES string of the molecule is COCCn1cccc1C(=O)NC(C)CCO. The third-order valence-electron chi connectivity index (χ3n) is 2.54. The van der Waals surface area contributed by atoms with Gasteiger partial charge in [0.15, 0.2) is 0 Å². The van der Waals surface area contributed by atoms with Gasteiger partial charge in [0, 0.05) is 32.5 Å². The lowest BCUT2D eigenvalue weighted by molar-refractivity contribution is 0.0922. The van der Waals surface area contributed by atoms with Crippen molar-refractivity contribution in [2.45, 2.75) is 25.9 Å². The third-order valence-corrected chi connectivity index (χ3v) is 2.54. The average molecular weight is 240 g/mol. The van der Waals surface area contributed by atoms with Crippen molar-refractivity contribution in [1.82, 2.24) is 9.88 Å². The molecule has 5 nitrogen and oxygen atoms in total. The van der Waals surface area contributed by atoms with Gasteiger partial charge in [-0.1, -0.05) is 0 Å². The van der Waals surface area contributed by atoms with Crippen LogP contribution in [0.2, 0.25) is 0 Å². The van der Waals surface area contributed by atoms with Crippen molar-refractivity contribution in [3.63, 3.8) is 0 Å². The summed E-state index contributed by atoms with van der Waals surface area (Å²) >= 11 is 0. The van der Waals surface area contributed by atoms with E-state index >= 15 is 0 Å². The summed E-state index contributed by atoms with van der Waals surface area (Å²) in [7, 11) is 1.63. The topological polar surface area (TPSA) is 63.5 Å². The zero-order valence-electron chi connectivity index (χ0n) is 10.3. The minimum Gasteiger partial charge on any atom is -0.396 e. The highest BCUT2D eigenvalue weighted by Gasteiger charge is 2.12. The predicted octanol–water partition coefficient (Wildman–Crippen LogP) is 0.635. The summed E-state index contributed by atoms with van der Waals surface area (Å²) in [6.07, 6.45) is 2.41. The van der Waals surface area contributed by atoms with Gasteiger partial charge in [0.1, 0.15) is 5.69 Å². The molecule has 0 aromatic carbocycles. The molecule has 0 saturated carbocycles. The number of methoxy groups -OCH3 is 1. The fourth-order valence-electron chi connectivity index (χ4n) is 1.57. The monoisotopic (exact) mass is 240 g/mol. The molecule has 0 aliphatic heterocycles. The molecule has 0 fully saturated rings. The van der Waals surface area contributed by atoms with E-state index in [0.29, 0.717) is 25.3 Å². The number of amides is 1. The molecule has 1 atom stereocenters. The Morgan fingerprint density at radius 1 is 1.65 bits per heavy atom. The Bertz CT molecular complexity index is 349. The van der Waals surface area contributed by atoms with E-state index in [0.717, 1.165) is 0 Å². The molecule has 0 aliphatic carbocycles. The Hall–Kier alpha value is -1.33. The van der Waals surface area contributed by atoms with E-state index in [9.17, 15) is 4.79 Å². The number of ether oxygens (including phenoxy) is 1. The van der Waals surface area contributed by atoms with Crippen LogP contribution in [0.1, 0.15) is 23.8 Å². The maximum absolute atomic E-state index is 11.9. The highest BCUT2D eigenvalue weighted by Crippen LogP contribution is 2.03. The Morgan fingerprint density at radius 3 is 3.06 bits per heavy atom. The van der Waals surface area contributed by atoms with Crippen LogP contribution in [0.4, 0.5) is 0 Å². The smallest absolute Gasteiger partial charge is 0.268 e. The Kier molecular flexibility index (Phi) is 5.72. The molecule has 96 valence electrons. The van der Waals surface area contributed by atoms with Gasteiger partial charge in [0.2, 0.25) is 0 Å². The number of hydrogen-bond acceptors (Lipinski definition) is 3. The van der Waals surface area contributed by atoms with Gasteiger partial charge >= 0.3 is 0 Å². The van der Waals surface area contributed by atoms with Crippen LogP contribution in [0.15, 0.2) is 18.3 Å². The van der Waals surface area contributed by atoms with Gasteiger partial charge in [-0.15, -0.1) is 0 Å². The molecule has 2 N–H and O–H groups in total. The summed E-state index contributed by atoms with van der Waals surface area (Å²) in [4.78, 5) is 11.9. The molecule has 17 heavy (non-hydrogen) atoms. The molecule has 5 heteroatoms. The molecule has 1 amide bonds. The van der Waals surface area contributed by atoms with Gasteiger partial charge in [-0.05, 0) is 25.5 Å². The van der Waals surface area contributed by atoms with E-state index in [1.54, 1.807) is 13.2 Å². The number of rotatable bonds is 7. The maximum atomic E-state index is 11.9. The van der Waals surface area contributed by atoms with Crippen LogP contribution in [0, 0.1) is 0 Å². The van der Waals surface area contributed by atoms with Crippen LogP contribution < -0.4 is 5.32 Å². The van der Waals surface area contributed by atoms with Gasteiger partial charge in [-0.2, -0.15) is 0 Å². The first kappa shape index (κ1) is 13.7. The Morgan fingerprint density at radius 2 is 2.41 bits per heavy atom. The van der Waals surface area contributed by atoms with E-state index in [2.05, 4.69) is 5.32 Å². The molecule has 0 saturated heterocycles.